The van der Waals surface area contributed by atoms with E-state index in [2.05, 4.69) is 5.32 Å². The molecule has 0 aliphatic carbocycles. The lowest BCUT2D eigenvalue weighted by molar-refractivity contribution is -0.136. The van der Waals surface area contributed by atoms with E-state index in [0.717, 1.165) is 11.1 Å². The van der Waals surface area contributed by atoms with E-state index < -0.39 is 18.2 Å². The number of nitrogens with one attached hydrogen (secondary N) is 1. The van der Waals surface area contributed by atoms with Gasteiger partial charge in [0.25, 0.3) is 0 Å². The molecule has 0 atom stereocenters. The van der Waals surface area contributed by atoms with Gasteiger partial charge in [-0.15, -0.1) is 0 Å². The first kappa shape index (κ1) is 24.3. The molecule has 0 saturated carbocycles. The van der Waals surface area contributed by atoms with Gasteiger partial charge in [-0.3, -0.25) is 9.88 Å². The van der Waals surface area contributed by atoms with Gasteiger partial charge in [0.1, 0.15) is 18.9 Å². The Morgan fingerprint density at radius 1 is 0.806 bits per heavy atom. The molecule has 0 saturated heterocycles. The maximum Gasteiger partial charge on any atom is 0.418 e. The van der Waals surface area contributed by atoms with Crippen molar-refractivity contribution < 1.29 is 28.6 Å². The highest BCUT2D eigenvalue weighted by atomic mass is 16.6. The highest BCUT2D eigenvalue weighted by Crippen LogP contribution is 2.24. The van der Waals surface area contributed by atoms with Crippen LogP contribution in [0.3, 0.4) is 0 Å². The van der Waals surface area contributed by atoms with Crippen molar-refractivity contribution in [3.8, 4) is 0 Å². The largest absolute Gasteiger partial charge is 0.464 e. The van der Waals surface area contributed by atoms with Gasteiger partial charge in [0.2, 0.25) is 0 Å². The number of methoxy groups -OCH3 is 1. The number of rotatable bonds is 7. The van der Waals surface area contributed by atoms with Gasteiger partial charge in [0.15, 0.2) is 0 Å². The Labute approximate surface area is 207 Å². The van der Waals surface area contributed by atoms with Crippen LogP contribution in [0.4, 0.5) is 9.59 Å². The van der Waals surface area contributed by atoms with Crippen LogP contribution in [-0.4, -0.2) is 29.8 Å². The van der Waals surface area contributed by atoms with Crippen molar-refractivity contribution in [1.29, 1.82) is 0 Å². The van der Waals surface area contributed by atoms with E-state index in [1.54, 1.807) is 24.3 Å². The number of amides is 1. The zero-order valence-electron chi connectivity index (χ0n) is 19.5. The summed E-state index contributed by atoms with van der Waals surface area (Å²) in [5.74, 6) is -0.768. The van der Waals surface area contributed by atoms with Gasteiger partial charge in [-0.25, -0.2) is 14.4 Å². The molecule has 4 aromatic rings. The number of hydrogen-bond acceptors (Lipinski definition) is 6. The van der Waals surface area contributed by atoms with Crippen LogP contribution in [0.15, 0.2) is 96.8 Å². The first-order valence-electron chi connectivity index (χ1n) is 11.1. The van der Waals surface area contributed by atoms with Crippen LogP contribution in [0, 0.1) is 0 Å². The van der Waals surface area contributed by atoms with E-state index >= 15 is 0 Å². The molecule has 1 N–H and O–H groups in total. The Balaban J connectivity index is 1.56. The smallest absolute Gasteiger partial charge is 0.418 e. The van der Waals surface area contributed by atoms with Crippen molar-refractivity contribution in [2.75, 3.05) is 7.11 Å². The lowest BCUT2D eigenvalue weighted by Gasteiger charge is -2.09. The fourth-order valence-electron chi connectivity index (χ4n) is 3.54. The molecule has 1 aromatic heterocycles. The normalized spacial score (nSPS) is 11.1. The standard InChI is InChI=1S/C28H24N2O6/c1-34-26(31)24(29-27(32)35-18-20-10-4-2-5-11-20)16-22-17-30(25-15-9-8-14-23(22)25)28(33)36-19-21-12-6-3-7-13-21/h2-17H,18-19H2,1H3,(H,29,32)/b24-16-. The number of fused-ring (bicyclic) bond motifs is 1. The van der Waals surface area contributed by atoms with Crippen LogP contribution < -0.4 is 5.32 Å². The third kappa shape index (κ3) is 5.98. The average Bonchev–Trinajstić information content (AvgIpc) is 3.29. The van der Waals surface area contributed by atoms with Gasteiger partial charge in [-0.05, 0) is 23.3 Å². The second-order valence-electron chi connectivity index (χ2n) is 7.75. The highest BCUT2D eigenvalue weighted by Gasteiger charge is 2.18. The molecule has 0 fully saturated rings. The highest BCUT2D eigenvalue weighted by molar-refractivity contribution is 6.01. The number of aromatic nitrogens is 1. The number of carbonyl (C=O) groups is 3. The summed E-state index contributed by atoms with van der Waals surface area (Å²) in [7, 11) is 1.21. The number of alkyl carbamates (subject to hydrolysis) is 1. The molecule has 0 spiro atoms. The van der Waals surface area contributed by atoms with Crippen LogP contribution in [0.1, 0.15) is 16.7 Å². The Bertz CT molecular complexity index is 1390. The molecule has 0 unspecified atom stereocenters. The van der Waals surface area contributed by atoms with Gasteiger partial charge in [0, 0.05) is 17.1 Å². The number of esters is 1. The summed E-state index contributed by atoms with van der Waals surface area (Å²) in [6.07, 6.45) is 1.57. The number of para-hydroxylation sites is 1. The van der Waals surface area contributed by atoms with E-state index in [1.807, 2.05) is 60.7 Å². The maximum absolute atomic E-state index is 12.9. The fourth-order valence-corrected chi connectivity index (χ4v) is 3.54. The third-order valence-electron chi connectivity index (χ3n) is 5.30. The molecule has 8 nitrogen and oxygen atoms in total. The zero-order valence-corrected chi connectivity index (χ0v) is 19.5. The quantitative estimate of drug-likeness (QED) is 0.218. The summed E-state index contributed by atoms with van der Waals surface area (Å²) in [6.45, 7) is 0.146. The van der Waals surface area contributed by atoms with Crippen LogP contribution >= 0.6 is 0 Å². The Morgan fingerprint density at radius 3 is 2.03 bits per heavy atom. The predicted octanol–water partition coefficient (Wildman–Crippen LogP) is 5.27. The predicted molar refractivity (Wildman–Crippen MR) is 134 cm³/mol. The van der Waals surface area contributed by atoms with Crippen molar-refractivity contribution in [3.63, 3.8) is 0 Å². The van der Waals surface area contributed by atoms with Crippen LogP contribution in [0.2, 0.25) is 0 Å². The number of hydrogen-bond donors (Lipinski definition) is 1. The zero-order chi connectivity index (χ0) is 25.3. The topological polar surface area (TPSA) is 95.9 Å². The molecule has 0 aliphatic rings. The van der Waals surface area contributed by atoms with E-state index in [1.165, 1.54) is 23.9 Å². The molecule has 0 aliphatic heterocycles. The number of carbonyl (C=O) groups excluding carboxylic acids is 3. The van der Waals surface area contributed by atoms with Gasteiger partial charge < -0.3 is 14.2 Å². The van der Waals surface area contributed by atoms with E-state index in [-0.39, 0.29) is 18.9 Å². The van der Waals surface area contributed by atoms with Crippen molar-refractivity contribution in [3.05, 3.63) is 114 Å². The number of nitrogens with zero attached hydrogens (tertiary/aromatic N) is 1. The molecule has 0 bridgehead atoms. The van der Waals surface area contributed by atoms with Crippen LogP contribution in [0.25, 0.3) is 17.0 Å². The Morgan fingerprint density at radius 2 is 1.39 bits per heavy atom. The first-order valence-corrected chi connectivity index (χ1v) is 11.1. The van der Waals surface area contributed by atoms with Crippen molar-refractivity contribution in [2.24, 2.45) is 0 Å². The van der Waals surface area contributed by atoms with Gasteiger partial charge in [-0.2, -0.15) is 0 Å². The van der Waals surface area contributed by atoms with E-state index in [9.17, 15) is 14.4 Å². The van der Waals surface area contributed by atoms with Crippen molar-refractivity contribution in [1.82, 2.24) is 9.88 Å². The van der Waals surface area contributed by atoms with E-state index in [0.29, 0.717) is 16.5 Å². The second kappa shape index (κ2) is 11.5. The minimum Gasteiger partial charge on any atom is -0.464 e. The Hall–Kier alpha value is -4.85. The molecule has 36 heavy (non-hydrogen) atoms. The van der Waals surface area contributed by atoms with E-state index in [4.69, 9.17) is 14.2 Å². The summed E-state index contributed by atoms with van der Waals surface area (Å²) in [4.78, 5) is 37.6. The monoisotopic (exact) mass is 484 g/mol. The van der Waals surface area contributed by atoms with Crippen molar-refractivity contribution in [2.45, 2.75) is 13.2 Å². The summed E-state index contributed by atoms with van der Waals surface area (Å²) < 4.78 is 16.9. The number of benzene rings is 3. The third-order valence-corrected chi connectivity index (χ3v) is 5.30. The molecule has 0 radical (unpaired) electrons. The summed E-state index contributed by atoms with van der Waals surface area (Å²) in [5, 5.41) is 3.11. The average molecular weight is 485 g/mol. The summed E-state index contributed by atoms with van der Waals surface area (Å²) >= 11 is 0. The molecule has 4 rings (SSSR count). The maximum atomic E-state index is 12.9. The van der Waals surface area contributed by atoms with Gasteiger partial charge >= 0.3 is 18.2 Å². The second-order valence-corrected chi connectivity index (χ2v) is 7.75. The van der Waals surface area contributed by atoms with Gasteiger partial charge in [0.05, 0.1) is 12.6 Å². The van der Waals surface area contributed by atoms with Crippen LogP contribution in [0.5, 0.6) is 0 Å². The minimum atomic E-state index is -0.818. The molecule has 8 heteroatoms. The minimum absolute atomic E-state index is 0.0354. The Kier molecular flexibility index (Phi) is 7.77. The molecule has 3 aromatic carbocycles. The molecule has 1 amide bonds. The number of ether oxygens (including phenoxy) is 3. The molecule has 182 valence electrons. The molecular weight excluding hydrogens is 460 g/mol. The van der Waals surface area contributed by atoms with Crippen molar-refractivity contribution >= 4 is 35.1 Å². The summed E-state index contributed by atoms with van der Waals surface area (Å²) in [5.41, 5.74) is 2.60. The SMILES string of the molecule is COC(=O)/C(=C/c1cn(C(=O)OCc2ccccc2)c2ccccc12)NC(=O)OCc1ccccc1. The fraction of sp³-hybridized carbons (Fsp3) is 0.107. The lowest BCUT2D eigenvalue weighted by atomic mass is 10.1. The lowest BCUT2D eigenvalue weighted by Crippen LogP contribution is -2.28. The van der Waals surface area contributed by atoms with Gasteiger partial charge in [-0.1, -0.05) is 78.9 Å². The molecule has 1 heterocycles. The van der Waals surface area contributed by atoms with Crippen LogP contribution in [-0.2, 0) is 32.2 Å². The first-order chi connectivity index (χ1) is 17.5. The molecular formula is C28H24N2O6. The summed E-state index contributed by atoms with van der Waals surface area (Å²) in [6, 6.07) is 25.6.